The number of halogens is 2. The molecule has 0 saturated carbocycles. The van der Waals surface area contributed by atoms with E-state index in [1.807, 2.05) is 30.3 Å². The van der Waals surface area contributed by atoms with Crippen molar-refractivity contribution in [3.05, 3.63) is 65.7 Å². The Kier molecular flexibility index (Phi) is 6.73. The predicted molar refractivity (Wildman–Crippen MR) is 96.4 cm³/mol. The van der Waals surface area contributed by atoms with Gasteiger partial charge in [-0.1, -0.05) is 30.3 Å². The van der Waals surface area contributed by atoms with Crippen LogP contribution in [-0.4, -0.2) is 50.3 Å². The van der Waals surface area contributed by atoms with Crippen LogP contribution in [0, 0.1) is 11.6 Å². The molecule has 1 aliphatic rings. The molecule has 0 bridgehead atoms. The summed E-state index contributed by atoms with van der Waals surface area (Å²) in [6.07, 6.45) is 0. The second kappa shape index (κ2) is 9.43. The van der Waals surface area contributed by atoms with Crippen LogP contribution in [0.5, 0.6) is 5.75 Å². The summed E-state index contributed by atoms with van der Waals surface area (Å²) in [7, 11) is 0. The first-order valence-corrected chi connectivity index (χ1v) is 8.84. The molecule has 144 valence electrons. The van der Waals surface area contributed by atoms with Gasteiger partial charge in [0, 0.05) is 25.7 Å². The number of carbonyl (C=O) groups is 1. The van der Waals surface area contributed by atoms with Crippen LogP contribution in [-0.2, 0) is 9.53 Å². The number of amides is 1. The molecule has 1 atom stereocenters. The average Bonchev–Trinajstić information content (AvgIpc) is 2.68. The molecule has 0 aromatic heterocycles. The van der Waals surface area contributed by atoms with Crippen molar-refractivity contribution in [1.82, 2.24) is 10.2 Å². The van der Waals surface area contributed by atoms with Gasteiger partial charge < -0.3 is 14.8 Å². The Morgan fingerprint density at radius 2 is 1.89 bits per heavy atom. The van der Waals surface area contributed by atoms with Crippen LogP contribution < -0.4 is 10.1 Å². The van der Waals surface area contributed by atoms with Crippen molar-refractivity contribution in [2.45, 2.75) is 6.04 Å². The highest BCUT2D eigenvalue weighted by molar-refractivity contribution is 5.78. The summed E-state index contributed by atoms with van der Waals surface area (Å²) in [4.78, 5) is 14.6. The van der Waals surface area contributed by atoms with Gasteiger partial charge in [0.15, 0.2) is 18.2 Å². The molecule has 1 saturated heterocycles. The Balaban J connectivity index is 1.61. The number of carbonyl (C=O) groups excluding carboxylic acids is 1. The summed E-state index contributed by atoms with van der Waals surface area (Å²) in [6, 6.07) is 12.4. The molecule has 1 amide bonds. The number of ether oxygens (including phenoxy) is 2. The van der Waals surface area contributed by atoms with E-state index in [0.717, 1.165) is 30.8 Å². The summed E-state index contributed by atoms with van der Waals surface area (Å²) in [5.74, 6) is -2.06. The molecule has 27 heavy (non-hydrogen) atoms. The summed E-state index contributed by atoms with van der Waals surface area (Å²) >= 11 is 0. The van der Waals surface area contributed by atoms with E-state index in [9.17, 15) is 13.6 Å². The Morgan fingerprint density at radius 3 is 2.59 bits per heavy atom. The first-order chi connectivity index (χ1) is 13.1. The minimum atomic E-state index is -0.837. The molecule has 2 aromatic carbocycles. The first-order valence-electron chi connectivity index (χ1n) is 8.84. The molecule has 1 unspecified atom stereocenters. The predicted octanol–water partition coefficient (Wildman–Crippen LogP) is 2.53. The minimum Gasteiger partial charge on any atom is -0.481 e. The fourth-order valence-corrected chi connectivity index (χ4v) is 2.93. The lowest BCUT2D eigenvalue weighted by Crippen LogP contribution is -2.44. The molecule has 0 aliphatic carbocycles. The number of nitrogens with zero attached hydrogens (tertiary/aromatic N) is 1. The maximum Gasteiger partial charge on any atom is 0.258 e. The minimum absolute atomic E-state index is 0.156. The molecule has 0 spiro atoms. The van der Waals surface area contributed by atoms with Crippen molar-refractivity contribution in [2.24, 2.45) is 0 Å². The quantitative estimate of drug-likeness (QED) is 0.807. The molecule has 1 heterocycles. The molecule has 7 heteroatoms. The molecule has 5 nitrogen and oxygen atoms in total. The number of benzene rings is 2. The smallest absolute Gasteiger partial charge is 0.258 e. The second-order valence-corrected chi connectivity index (χ2v) is 6.31. The van der Waals surface area contributed by atoms with Gasteiger partial charge >= 0.3 is 0 Å². The van der Waals surface area contributed by atoms with Gasteiger partial charge in [0.1, 0.15) is 5.82 Å². The lowest BCUT2D eigenvalue weighted by atomic mass is 10.1. The SMILES string of the molecule is O=C(COc1ccc(F)cc1F)NC(CN1CCOCC1)c1ccccc1. The second-order valence-electron chi connectivity index (χ2n) is 6.31. The summed E-state index contributed by atoms with van der Waals surface area (Å²) in [5.41, 5.74) is 0.977. The topological polar surface area (TPSA) is 50.8 Å². The number of hydrogen-bond acceptors (Lipinski definition) is 4. The fraction of sp³-hybridized carbons (Fsp3) is 0.350. The van der Waals surface area contributed by atoms with Crippen LogP contribution in [0.4, 0.5) is 8.78 Å². The molecular weight excluding hydrogens is 354 g/mol. The van der Waals surface area contributed by atoms with E-state index in [-0.39, 0.29) is 24.3 Å². The molecule has 1 fully saturated rings. The van der Waals surface area contributed by atoms with Crippen LogP contribution in [0.25, 0.3) is 0 Å². The highest BCUT2D eigenvalue weighted by atomic mass is 19.1. The average molecular weight is 376 g/mol. The molecule has 3 rings (SSSR count). The number of rotatable bonds is 7. The van der Waals surface area contributed by atoms with Gasteiger partial charge in [-0.25, -0.2) is 8.78 Å². The number of nitrogens with one attached hydrogen (secondary N) is 1. The van der Waals surface area contributed by atoms with Gasteiger partial charge in [-0.05, 0) is 17.7 Å². The van der Waals surface area contributed by atoms with E-state index in [2.05, 4.69) is 10.2 Å². The molecule has 0 radical (unpaired) electrons. The van der Waals surface area contributed by atoms with E-state index < -0.39 is 11.6 Å². The molecule has 2 aromatic rings. The van der Waals surface area contributed by atoms with Gasteiger partial charge in [-0.3, -0.25) is 9.69 Å². The van der Waals surface area contributed by atoms with Crippen LogP contribution >= 0.6 is 0 Å². The highest BCUT2D eigenvalue weighted by Crippen LogP contribution is 2.18. The van der Waals surface area contributed by atoms with Gasteiger partial charge in [0.2, 0.25) is 0 Å². The van der Waals surface area contributed by atoms with Crippen LogP contribution in [0.15, 0.2) is 48.5 Å². The third-order valence-electron chi connectivity index (χ3n) is 4.33. The van der Waals surface area contributed by atoms with Gasteiger partial charge in [0.05, 0.1) is 19.3 Å². The van der Waals surface area contributed by atoms with Crippen molar-refractivity contribution >= 4 is 5.91 Å². The largest absolute Gasteiger partial charge is 0.481 e. The molecular formula is C20H22F2N2O3. The number of morpholine rings is 1. The maximum atomic E-state index is 13.6. The van der Waals surface area contributed by atoms with E-state index in [1.165, 1.54) is 6.07 Å². The molecule has 1 N–H and O–H groups in total. The van der Waals surface area contributed by atoms with Crippen molar-refractivity contribution in [3.63, 3.8) is 0 Å². The highest BCUT2D eigenvalue weighted by Gasteiger charge is 2.20. The zero-order valence-electron chi connectivity index (χ0n) is 14.9. The standard InChI is InChI=1S/C20H22F2N2O3/c21-16-6-7-19(17(22)12-16)27-14-20(25)23-18(15-4-2-1-3-5-15)13-24-8-10-26-11-9-24/h1-7,12,18H,8-11,13-14H2,(H,23,25). The summed E-state index contributed by atoms with van der Waals surface area (Å²) < 4.78 is 37.1. The van der Waals surface area contributed by atoms with E-state index in [4.69, 9.17) is 9.47 Å². The van der Waals surface area contributed by atoms with Gasteiger partial charge in [0.25, 0.3) is 5.91 Å². The lowest BCUT2D eigenvalue weighted by molar-refractivity contribution is -0.124. The van der Waals surface area contributed by atoms with Crippen LogP contribution in [0.2, 0.25) is 0 Å². The van der Waals surface area contributed by atoms with Crippen LogP contribution in [0.1, 0.15) is 11.6 Å². The monoisotopic (exact) mass is 376 g/mol. The van der Waals surface area contributed by atoms with Crippen molar-refractivity contribution < 1.29 is 23.0 Å². The maximum absolute atomic E-state index is 13.6. The van der Waals surface area contributed by atoms with Gasteiger partial charge in [-0.2, -0.15) is 0 Å². The Bertz CT molecular complexity index is 752. The van der Waals surface area contributed by atoms with Crippen molar-refractivity contribution in [3.8, 4) is 5.75 Å². The van der Waals surface area contributed by atoms with E-state index in [0.29, 0.717) is 19.8 Å². The summed E-state index contributed by atoms with van der Waals surface area (Å²) in [5, 5.41) is 2.94. The van der Waals surface area contributed by atoms with Crippen LogP contribution in [0.3, 0.4) is 0 Å². The summed E-state index contributed by atoms with van der Waals surface area (Å²) in [6.45, 7) is 3.23. The fourth-order valence-electron chi connectivity index (χ4n) is 2.93. The normalized spacial score (nSPS) is 15.9. The Hall–Kier alpha value is -2.51. The Morgan fingerprint density at radius 1 is 1.15 bits per heavy atom. The van der Waals surface area contributed by atoms with E-state index in [1.54, 1.807) is 0 Å². The Labute approximate surface area is 156 Å². The number of hydrogen-bond donors (Lipinski definition) is 1. The van der Waals surface area contributed by atoms with Crippen molar-refractivity contribution in [1.29, 1.82) is 0 Å². The van der Waals surface area contributed by atoms with E-state index >= 15 is 0 Å². The lowest BCUT2D eigenvalue weighted by Gasteiger charge is -2.31. The third-order valence-corrected chi connectivity index (χ3v) is 4.33. The zero-order chi connectivity index (χ0) is 19.1. The first kappa shape index (κ1) is 19.3. The van der Waals surface area contributed by atoms with Crippen molar-refractivity contribution in [2.75, 3.05) is 39.5 Å². The molecule has 1 aliphatic heterocycles. The van der Waals surface area contributed by atoms with Gasteiger partial charge in [-0.15, -0.1) is 0 Å². The zero-order valence-corrected chi connectivity index (χ0v) is 14.9. The third kappa shape index (κ3) is 5.74.